The summed E-state index contributed by atoms with van der Waals surface area (Å²) < 4.78 is 10.3. The van der Waals surface area contributed by atoms with Crippen LogP contribution in [0.2, 0.25) is 5.02 Å². The molecule has 1 fully saturated rings. The van der Waals surface area contributed by atoms with Gasteiger partial charge in [0, 0.05) is 36.1 Å². The maximum absolute atomic E-state index is 12.9. The summed E-state index contributed by atoms with van der Waals surface area (Å²) in [5.41, 5.74) is 0.508. The number of halogens is 1. The molecule has 0 aliphatic carbocycles. The van der Waals surface area contributed by atoms with E-state index in [2.05, 4.69) is 15.6 Å². The number of fused-ring (bicyclic) bond motifs is 1. The highest BCUT2D eigenvalue weighted by Gasteiger charge is 2.34. The molecule has 174 valence electrons. The molecular weight excluding hydrogens is 436 g/mol. The van der Waals surface area contributed by atoms with Crippen molar-refractivity contribution in [2.24, 2.45) is 0 Å². The number of carbonyl (C=O) groups excluding carboxylic acids is 3. The lowest BCUT2D eigenvalue weighted by molar-refractivity contribution is -0.136. The summed E-state index contributed by atoms with van der Waals surface area (Å²) in [7, 11) is 1.45. The third kappa shape index (κ3) is 6.14. The molecule has 0 saturated carbocycles. The van der Waals surface area contributed by atoms with Crippen molar-refractivity contribution in [1.82, 2.24) is 20.5 Å². The number of alkyl carbamates (subject to hydrolysis) is 1. The summed E-state index contributed by atoms with van der Waals surface area (Å²) in [6.07, 6.45) is -0.142. The molecule has 0 bridgehead atoms. The van der Waals surface area contributed by atoms with Crippen LogP contribution in [0.15, 0.2) is 24.3 Å². The summed E-state index contributed by atoms with van der Waals surface area (Å²) in [6.45, 7) is 5.92. The molecule has 1 aromatic carbocycles. The topological polar surface area (TPSA) is 113 Å². The Morgan fingerprint density at radius 2 is 1.94 bits per heavy atom. The lowest BCUT2D eigenvalue weighted by atomic mass is 9.98. The normalized spacial score (nSPS) is 19.0. The molecule has 1 aliphatic rings. The van der Waals surface area contributed by atoms with Gasteiger partial charge >= 0.3 is 6.09 Å². The first-order chi connectivity index (χ1) is 15.1. The number of aromatic nitrogens is 1. The number of ether oxygens (including phenoxy) is 2. The van der Waals surface area contributed by atoms with E-state index in [1.807, 2.05) is 0 Å². The number of nitrogens with zero attached hydrogens (tertiary/aromatic N) is 1. The largest absolute Gasteiger partial charge is 0.444 e. The van der Waals surface area contributed by atoms with E-state index in [0.29, 0.717) is 23.7 Å². The van der Waals surface area contributed by atoms with Crippen molar-refractivity contribution in [2.45, 2.75) is 44.9 Å². The van der Waals surface area contributed by atoms with Gasteiger partial charge in [0.2, 0.25) is 5.91 Å². The van der Waals surface area contributed by atoms with E-state index in [1.165, 1.54) is 7.11 Å². The molecule has 1 saturated heterocycles. The van der Waals surface area contributed by atoms with E-state index in [9.17, 15) is 14.4 Å². The summed E-state index contributed by atoms with van der Waals surface area (Å²) >= 11 is 6.03. The van der Waals surface area contributed by atoms with Gasteiger partial charge in [-0.25, -0.2) is 4.79 Å². The van der Waals surface area contributed by atoms with Crippen LogP contribution in [-0.4, -0.2) is 72.3 Å². The predicted molar refractivity (Wildman–Crippen MR) is 121 cm³/mol. The van der Waals surface area contributed by atoms with E-state index in [-0.39, 0.29) is 25.0 Å². The monoisotopic (exact) mass is 464 g/mol. The SMILES string of the molecule is COCC(=O)N1CC[C@H](NC(=O)c2cc3cc(Cl)ccc3[nH]2)[C@H](NC(=O)OC(C)(C)C)C1. The number of carbonyl (C=O) groups is 3. The Kier molecular flexibility index (Phi) is 7.30. The summed E-state index contributed by atoms with van der Waals surface area (Å²) in [4.78, 5) is 42.3. The van der Waals surface area contributed by atoms with Crippen LogP contribution in [0, 0.1) is 0 Å². The van der Waals surface area contributed by atoms with Crippen LogP contribution in [0.1, 0.15) is 37.7 Å². The Balaban J connectivity index is 1.74. The minimum Gasteiger partial charge on any atom is -0.444 e. The number of hydrogen-bond acceptors (Lipinski definition) is 5. The van der Waals surface area contributed by atoms with Gasteiger partial charge in [-0.05, 0) is 51.5 Å². The van der Waals surface area contributed by atoms with Gasteiger partial charge in [0.25, 0.3) is 5.91 Å². The van der Waals surface area contributed by atoms with E-state index in [4.69, 9.17) is 21.1 Å². The van der Waals surface area contributed by atoms with Crippen molar-refractivity contribution in [3.05, 3.63) is 35.0 Å². The number of likely N-dealkylation sites (tertiary alicyclic amines) is 1. The molecule has 0 unspecified atom stereocenters. The fraction of sp³-hybridized carbons (Fsp3) is 0.500. The highest BCUT2D eigenvalue weighted by molar-refractivity contribution is 6.31. The molecular formula is C22H29ClN4O5. The molecule has 2 heterocycles. The molecule has 2 aromatic rings. The molecule has 32 heavy (non-hydrogen) atoms. The van der Waals surface area contributed by atoms with Crippen LogP contribution in [0.3, 0.4) is 0 Å². The number of amides is 3. The van der Waals surface area contributed by atoms with Crippen LogP contribution >= 0.6 is 11.6 Å². The fourth-order valence-corrected chi connectivity index (χ4v) is 3.82. The molecule has 3 amide bonds. The van der Waals surface area contributed by atoms with Crippen molar-refractivity contribution in [1.29, 1.82) is 0 Å². The number of hydrogen-bond donors (Lipinski definition) is 3. The number of piperidine rings is 1. The number of aromatic amines is 1. The van der Waals surface area contributed by atoms with Gasteiger partial charge in [0.15, 0.2) is 0 Å². The zero-order valence-electron chi connectivity index (χ0n) is 18.7. The summed E-state index contributed by atoms with van der Waals surface area (Å²) in [6, 6.07) is 6.14. The van der Waals surface area contributed by atoms with E-state index >= 15 is 0 Å². The average molecular weight is 465 g/mol. The third-order valence-corrected chi connectivity index (χ3v) is 5.31. The first kappa shape index (κ1) is 23.9. The van der Waals surface area contributed by atoms with E-state index < -0.39 is 23.8 Å². The smallest absolute Gasteiger partial charge is 0.408 e. The molecule has 9 nitrogen and oxygen atoms in total. The quantitative estimate of drug-likeness (QED) is 0.629. The fourth-order valence-electron chi connectivity index (χ4n) is 3.64. The minimum atomic E-state index is -0.672. The van der Waals surface area contributed by atoms with Gasteiger partial charge in [0.1, 0.15) is 17.9 Å². The second-order valence-corrected chi connectivity index (χ2v) is 9.25. The molecule has 0 radical (unpaired) electrons. The van der Waals surface area contributed by atoms with Crippen LogP contribution in [0.25, 0.3) is 10.9 Å². The Labute approximate surface area is 191 Å². The lowest BCUT2D eigenvalue weighted by Gasteiger charge is -2.39. The Bertz CT molecular complexity index is 1000. The van der Waals surface area contributed by atoms with E-state index in [0.717, 1.165) is 10.9 Å². The number of benzene rings is 1. The van der Waals surface area contributed by atoms with Crippen molar-refractivity contribution in [2.75, 3.05) is 26.8 Å². The molecule has 1 aromatic heterocycles. The van der Waals surface area contributed by atoms with Crippen LogP contribution in [0.4, 0.5) is 4.79 Å². The highest BCUT2D eigenvalue weighted by atomic mass is 35.5. The van der Waals surface area contributed by atoms with Gasteiger partial charge in [-0.1, -0.05) is 11.6 Å². The highest BCUT2D eigenvalue weighted by Crippen LogP contribution is 2.21. The molecule has 2 atom stereocenters. The van der Waals surface area contributed by atoms with Gasteiger partial charge in [0.05, 0.1) is 12.1 Å². The second kappa shape index (κ2) is 9.79. The van der Waals surface area contributed by atoms with Gasteiger partial charge in [-0.15, -0.1) is 0 Å². The lowest BCUT2D eigenvalue weighted by Crippen LogP contribution is -2.62. The van der Waals surface area contributed by atoms with Crippen molar-refractivity contribution in [3.63, 3.8) is 0 Å². The second-order valence-electron chi connectivity index (χ2n) is 8.81. The van der Waals surface area contributed by atoms with Gasteiger partial charge in [-0.3, -0.25) is 9.59 Å². The first-order valence-electron chi connectivity index (χ1n) is 10.4. The third-order valence-electron chi connectivity index (χ3n) is 5.08. The minimum absolute atomic E-state index is 0.0478. The standard InChI is InChI=1S/C22H29ClN4O5/c1-22(2,3)32-21(30)26-18-11-27(19(28)12-31-4)8-7-16(18)25-20(29)17-10-13-9-14(23)5-6-15(13)24-17/h5-6,9-10,16,18,24H,7-8,11-12H2,1-4H3,(H,25,29)(H,26,30)/t16-,18+/m0/s1. The van der Waals surface area contributed by atoms with Crippen LogP contribution < -0.4 is 10.6 Å². The molecule has 3 rings (SSSR count). The van der Waals surface area contributed by atoms with Crippen molar-refractivity contribution >= 4 is 40.4 Å². The first-order valence-corrected chi connectivity index (χ1v) is 10.8. The molecule has 3 N–H and O–H groups in total. The van der Waals surface area contributed by atoms with Crippen molar-refractivity contribution < 1.29 is 23.9 Å². The number of rotatable bonds is 5. The summed E-state index contributed by atoms with van der Waals surface area (Å²) in [5.74, 6) is -0.490. The Hall–Kier alpha value is -2.78. The van der Waals surface area contributed by atoms with Gasteiger partial charge < -0.3 is 30.0 Å². The zero-order chi connectivity index (χ0) is 23.5. The number of nitrogens with one attached hydrogen (secondary N) is 3. The molecule has 1 aliphatic heterocycles. The maximum atomic E-state index is 12.9. The summed E-state index contributed by atoms with van der Waals surface area (Å²) in [5, 5.41) is 7.19. The van der Waals surface area contributed by atoms with Crippen molar-refractivity contribution in [3.8, 4) is 0 Å². The number of methoxy groups -OCH3 is 1. The molecule has 10 heteroatoms. The predicted octanol–water partition coefficient (Wildman–Crippen LogP) is 2.69. The zero-order valence-corrected chi connectivity index (χ0v) is 19.4. The van der Waals surface area contributed by atoms with Crippen LogP contribution in [0.5, 0.6) is 0 Å². The number of H-pyrrole nitrogens is 1. The Morgan fingerprint density at radius 1 is 1.19 bits per heavy atom. The Morgan fingerprint density at radius 3 is 2.62 bits per heavy atom. The maximum Gasteiger partial charge on any atom is 0.408 e. The van der Waals surface area contributed by atoms with Crippen LogP contribution in [-0.2, 0) is 14.3 Å². The van der Waals surface area contributed by atoms with E-state index in [1.54, 1.807) is 49.9 Å². The molecule has 0 spiro atoms. The average Bonchev–Trinajstić information content (AvgIpc) is 3.11. The van der Waals surface area contributed by atoms with Gasteiger partial charge in [-0.2, -0.15) is 0 Å².